The van der Waals surface area contributed by atoms with Gasteiger partial charge in [0.05, 0.1) is 13.2 Å². The third-order valence-electron chi connectivity index (χ3n) is 4.99. The van der Waals surface area contributed by atoms with E-state index in [2.05, 4.69) is 41.5 Å². The van der Waals surface area contributed by atoms with Gasteiger partial charge in [0.15, 0.2) is 8.32 Å². The standard InChI is InChI=1S/C17H40O5Si2/c1-15(2)24(16(3)4,17(5)6)22-13-12-21-11-10-14-23(18-7,19-8)20-9/h15-17H,10-14H2,1-9H3. The molecule has 0 fully saturated rings. The third kappa shape index (κ3) is 6.51. The van der Waals surface area contributed by atoms with Gasteiger partial charge in [-0.15, -0.1) is 0 Å². The van der Waals surface area contributed by atoms with Crippen molar-refractivity contribution in [3.8, 4) is 0 Å². The lowest BCUT2D eigenvalue weighted by molar-refractivity contribution is 0.0858. The highest BCUT2D eigenvalue weighted by atomic mass is 28.4. The van der Waals surface area contributed by atoms with Crippen molar-refractivity contribution < 1.29 is 22.4 Å². The van der Waals surface area contributed by atoms with E-state index in [0.29, 0.717) is 36.4 Å². The Morgan fingerprint density at radius 1 is 0.667 bits per heavy atom. The molecule has 0 rings (SSSR count). The zero-order chi connectivity index (χ0) is 18.8. The van der Waals surface area contributed by atoms with E-state index in [1.807, 2.05) is 0 Å². The Labute approximate surface area is 151 Å². The van der Waals surface area contributed by atoms with Crippen LogP contribution in [0.5, 0.6) is 0 Å². The zero-order valence-corrected chi connectivity index (χ0v) is 19.3. The van der Waals surface area contributed by atoms with Gasteiger partial charge in [-0.2, -0.15) is 0 Å². The van der Waals surface area contributed by atoms with Crippen LogP contribution >= 0.6 is 0 Å². The molecule has 24 heavy (non-hydrogen) atoms. The highest BCUT2D eigenvalue weighted by Gasteiger charge is 2.44. The Kier molecular flexibility index (Phi) is 11.9. The second-order valence-corrected chi connectivity index (χ2v) is 15.7. The number of hydrogen-bond donors (Lipinski definition) is 0. The normalized spacial score (nSPS) is 13.5. The predicted octanol–water partition coefficient (Wildman–Crippen LogP) is 4.46. The highest BCUT2D eigenvalue weighted by molar-refractivity contribution is 6.77. The third-order valence-corrected chi connectivity index (χ3v) is 13.9. The molecule has 0 amide bonds. The molecule has 0 atom stereocenters. The summed E-state index contributed by atoms with van der Waals surface area (Å²) in [5, 5.41) is 0. The van der Waals surface area contributed by atoms with Crippen LogP contribution in [0.2, 0.25) is 22.7 Å². The smallest absolute Gasteiger partial charge is 0.414 e. The van der Waals surface area contributed by atoms with E-state index in [4.69, 9.17) is 22.4 Å². The van der Waals surface area contributed by atoms with Crippen LogP contribution in [0.3, 0.4) is 0 Å². The molecule has 0 aliphatic heterocycles. The fourth-order valence-corrected chi connectivity index (χ4v) is 11.0. The number of ether oxygens (including phenoxy) is 1. The van der Waals surface area contributed by atoms with Crippen molar-refractivity contribution in [2.24, 2.45) is 0 Å². The van der Waals surface area contributed by atoms with Crippen LogP contribution in [0.15, 0.2) is 0 Å². The van der Waals surface area contributed by atoms with E-state index in [1.54, 1.807) is 21.3 Å². The van der Waals surface area contributed by atoms with E-state index < -0.39 is 17.1 Å². The average Bonchev–Trinajstić information content (AvgIpc) is 2.53. The summed E-state index contributed by atoms with van der Waals surface area (Å²) >= 11 is 0. The molecule has 0 aliphatic carbocycles. The lowest BCUT2D eigenvalue weighted by Crippen LogP contribution is -2.48. The van der Waals surface area contributed by atoms with Gasteiger partial charge in [-0.3, -0.25) is 0 Å². The predicted molar refractivity (Wildman–Crippen MR) is 104 cm³/mol. The molecular weight excluding hydrogens is 340 g/mol. The van der Waals surface area contributed by atoms with Crippen LogP contribution in [-0.2, 0) is 22.4 Å². The van der Waals surface area contributed by atoms with E-state index >= 15 is 0 Å². The maximum atomic E-state index is 6.47. The molecule has 0 bridgehead atoms. The van der Waals surface area contributed by atoms with E-state index in [-0.39, 0.29) is 0 Å². The van der Waals surface area contributed by atoms with Crippen LogP contribution in [0.4, 0.5) is 0 Å². The summed E-state index contributed by atoms with van der Waals surface area (Å²) in [4.78, 5) is 0. The SMILES string of the molecule is CO[Si](CCCOCCO[Si](C(C)C)(C(C)C)C(C)C)(OC)OC. The zero-order valence-electron chi connectivity index (χ0n) is 17.3. The van der Waals surface area contributed by atoms with Gasteiger partial charge in [-0.25, -0.2) is 0 Å². The maximum absolute atomic E-state index is 6.47. The van der Waals surface area contributed by atoms with Crippen molar-refractivity contribution in [3.63, 3.8) is 0 Å². The first-order valence-electron chi connectivity index (χ1n) is 9.09. The first-order chi connectivity index (χ1) is 11.2. The second kappa shape index (κ2) is 11.8. The van der Waals surface area contributed by atoms with Crippen molar-refractivity contribution in [3.05, 3.63) is 0 Å². The van der Waals surface area contributed by atoms with Crippen LogP contribution in [0.1, 0.15) is 48.0 Å². The first kappa shape index (κ1) is 24.2. The van der Waals surface area contributed by atoms with Crippen molar-refractivity contribution in [2.45, 2.75) is 70.6 Å². The Morgan fingerprint density at radius 2 is 1.12 bits per heavy atom. The summed E-state index contributed by atoms with van der Waals surface area (Å²) in [6.45, 7) is 15.8. The molecule has 0 N–H and O–H groups in total. The molecule has 0 aromatic rings. The lowest BCUT2D eigenvalue weighted by atomic mass is 10.5. The molecule has 0 aromatic heterocycles. The minimum absolute atomic E-state index is 0.606. The Bertz CT molecular complexity index is 290. The van der Waals surface area contributed by atoms with Gasteiger partial charge >= 0.3 is 8.80 Å². The lowest BCUT2D eigenvalue weighted by Gasteiger charge is -2.42. The van der Waals surface area contributed by atoms with Crippen LogP contribution < -0.4 is 0 Å². The molecule has 0 heterocycles. The fraction of sp³-hybridized carbons (Fsp3) is 1.00. The molecule has 0 radical (unpaired) electrons. The summed E-state index contributed by atoms with van der Waals surface area (Å²) in [5.41, 5.74) is 1.82. The van der Waals surface area contributed by atoms with Gasteiger partial charge < -0.3 is 22.4 Å². The fourth-order valence-electron chi connectivity index (χ4n) is 3.83. The summed E-state index contributed by atoms with van der Waals surface area (Å²) in [5.74, 6) is 0. The van der Waals surface area contributed by atoms with E-state index in [9.17, 15) is 0 Å². The Balaban J connectivity index is 4.20. The minimum Gasteiger partial charge on any atom is -0.414 e. The molecule has 5 nitrogen and oxygen atoms in total. The molecule has 7 heteroatoms. The second-order valence-electron chi connectivity index (χ2n) is 7.18. The van der Waals surface area contributed by atoms with Gasteiger partial charge in [0.2, 0.25) is 0 Å². The molecule has 0 saturated carbocycles. The quantitative estimate of drug-likeness (QED) is 0.329. The molecule has 0 saturated heterocycles. The average molecular weight is 381 g/mol. The van der Waals surface area contributed by atoms with Crippen molar-refractivity contribution >= 4 is 17.1 Å². The molecule has 0 spiro atoms. The summed E-state index contributed by atoms with van der Waals surface area (Å²) in [7, 11) is 0.681. The van der Waals surface area contributed by atoms with Gasteiger partial charge in [0.1, 0.15) is 0 Å². The van der Waals surface area contributed by atoms with Crippen molar-refractivity contribution in [1.82, 2.24) is 0 Å². The summed E-state index contributed by atoms with van der Waals surface area (Å²) < 4.78 is 28.4. The summed E-state index contributed by atoms with van der Waals surface area (Å²) in [6.07, 6.45) is 0.864. The van der Waals surface area contributed by atoms with E-state index in [1.165, 1.54) is 0 Å². The molecule has 146 valence electrons. The van der Waals surface area contributed by atoms with Gasteiger partial charge in [-0.05, 0) is 23.0 Å². The number of rotatable bonds is 14. The largest absolute Gasteiger partial charge is 0.500 e. The monoisotopic (exact) mass is 380 g/mol. The van der Waals surface area contributed by atoms with Gasteiger partial charge in [0, 0.05) is 34.0 Å². The van der Waals surface area contributed by atoms with Crippen LogP contribution in [0.25, 0.3) is 0 Å². The number of hydrogen-bond acceptors (Lipinski definition) is 5. The molecule has 0 aliphatic rings. The Hall–Kier alpha value is 0.234. The highest BCUT2D eigenvalue weighted by Crippen LogP contribution is 2.42. The van der Waals surface area contributed by atoms with Gasteiger partial charge in [0.25, 0.3) is 0 Å². The van der Waals surface area contributed by atoms with E-state index in [0.717, 1.165) is 12.5 Å². The van der Waals surface area contributed by atoms with Crippen molar-refractivity contribution in [1.29, 1.82) is 0 Å². The van der Waals surface area contributed by atoms with Gasteiger partial charge in [-0.1, -0.05) is 41.5 Å². The minimum atomic E-state index is -2.46. The first-order valence-corrected chi connectivity index (χ1v) is 13.2. The van der Waals surface area contributed by atoms with Crippen molar-refractivity contribution in [2.75, 3.05) is 41.2 Å². The van der Waals surface area contributed by atoms with Crippen LogP contribution in [0, 0.1) is 0 Å². The van der Waals surface area contributed by atoms with Crippen LogP contribution in [-0.4, -0.2) is 58.3 Å². The topological polar surface area (TPSA) is 46.2 Å². The maximum Gasteiger partial charge on any atom is 0.500 e. The molecule has 0 aromatic carbocycles. The Morgan fingerprint density at radius 3 is 1.50 bits per heavy atom. The summed E-state index contributed by atoms with van der Waals surface area (Å²) in [6, 6.07) is 0.764. The molecular formula is C17H40O5Si2. The molecule has 0 unspecified atom stereocenters.